The molecule has 1 N–H and O–H groups in total. The molecule has 2 aliphatic rings. The fourth-order valence-electron chi connectivity index (χ4n) is 4.54. The predicted octanol–water partition coefficient (Wildman–Crippen LogP) is 2.15. The Hall–Kier alpha value is -2.26. The van der Waals surface area contributed by atoms with Crippen molar-refractivity contribution in [1.29, 1.82) is 0 Å². The molecular formula is C25H34N4O3S. The lowest BCUT2D eigenvalue weighted by molar-refractivity contribution is -0.126. The second kappa shape index (κ2) is 10.8. The maximum atomic E-state index is 12.8. The smallest absolute Gasteiger partial charge is 0.243 e. The Morgan fingerprint density at radius 2 is 1.58 bits per heavy atom. The van der Waals surface area contributed by atoms with Gasteiger partial charge in [0.15, 0.2) is 0 Å². The van der Waals surface area contributed by atoms with E-state index in [2.05, 4.69) is 40.4 Å². The van der Waals surface area contributed by atoms with Gasteiger partial charge in [0.05, 0.1) is 4.90 Å². The zero-order valence-corrected chi connectivity index (χ0v) is 20.1. The Balaban J connectivity index is 1.25. The topological polar surface area (TPSA) is 73.0 Å². The molecule has 0 bridgehead atoms. The minimum Gasteiger partial charge on any atom is -0.352 e. The first-order chi connectivity index (χ1) is 15.9. The van der Waals surface area contributed by atoms with Gasteiger partial charge in [0, 0.05) is 58.3 Å². The summed E-state index contributed by atoms with van der Waals surface area (Å²) < 4.78 is 27.1. The summed E-state index contributed by atoms with van der Waals surface area (Å²) in [4.78, 5) is 17.9. The molecule has 0 aliphatic carbocycles. The largest absolute Gasteiger partial charge is 0.352 e. The molecular weight excluding hydrogens is 436 g/mol. The summed E-state index contributed by atoms with van der Waals surface area (Å²) in [5.41, 5.74) is 2.37. The van der Waals surface area contributed by atoms with Crippen LogP contribution in [0.1, 0.15) is 24.0 Å². The molecule has 4 rings (SSSR count). The van der Waals surface area contributed by atoms with Crippen LogP contribution in [0, 0.1) is 5.92 Å². The van der Waals surface area contributed by atoms with Gasteiger partial charge in [-0.05, 0) is 43.1 Å². The van der Waals surface area contributed by atoms with Crippen molar-refractivity contribution in [2.45, 2.75) is 30.8 Å². The van der Waals surface area contributed by atoms with Crippen molar-refractivity contribution in [2.75, 3.05) is 46.3 Å². The molecule has 0 radical (unpaired) electrons. The highest BCUT2D eigenvalue weighted by Crippen LogP contribution is 2.24. The highest BCUT2D eigenvalue weighted by molar-refractivity contribution is 7.89. The lowest BCUT2D eigenvalue weighted by Gasteiger charge is -2.32. The lowest BCUT2D eigenvalue weighted by atomic mass is 9.97. The van der Waals surface area contributed by atoms with Crippen LogP contribution in [0.3, 0.4) is 0 Å². The SMILES string of the molecule is CN1CCN(Cc2cccc(CNC(=O)C3CCN(S(=O)(=O)c4ccccc4)CC3)c2)CC1. The number of amides is 1. The van der Waals surface area contributed by atoms with Gasteiger partial charge in [-0.1, -0.05) is 42.5 Å². The number of piperidine rings is 1. The third kappa shape index (κ3) is 6.20. The molecule has 0 atom stereocenters. The van der Waals surface area contributed by atoms with Gasteiger partial charge in [0.1, 0.15) is 0 Å². The Morgan fingerprint density at radius 3 is 2.27 bits per heavy atom. The molecule has 2 heterocycles. The molecule has 2 saturated heterocycles. The Kier molecular flexibility index (Phi) is 7.80. The molecule has 2 aliphatic heterocycles. The minimum absolute atomic E-state index is 0.0104. The summed E-state index contributed by atoms with van der Waals surface area (Å²) in [5.74, 6) is -0.142. The van der Waals surface area contributed by atoms with Gasteiger partial charge in [-0.2, -0.15) is 4.31 Å². The standard InChI is InChI=1S/C25H34N4O3S/c1-27-14-16-28(17-15-27)20-22-7-5-6-21(18-22)19-26-25(30)23-10-12-29(13-11-23)33(31,32)24-8-3-2-4-9-24/h2-9,18,23H,10-17,19-20H2,1H3,(H,26,30). The van der Waals surface area contributed by atoms with E-state index in [0.29, 0.717) is 37.4 Å². The van der Waals surface area contributed by atoms with Crippen LogP contribution in [0.25, 0.3) is 0 Å². The minimum atomic E-state index is -3.49. The van der Waals surface area contributed by atoms with Crippen molar-refractivity contribution >= 4 is 15.9 Å². The maximum Gasteiger partial charge on any atom is 0.243 e. The number of piperazine rings is 1. The number of likely N-dealkylation sites (N-methyl/N-ethyl adjacent to an activating group) is 1. The number of rotatable bonds is 7. The molecule has 2 fully saturated rings. The van der Waals surface area contributed by atoms with E-state index in [1.165, 1.54) is 9.87 Å². The summed E-state index contributed by atoms with van der Waals surface area (Å²) in [6.07, 6.45) is 1.09. The number of nitrogens with one attached hydrogen (secondary N) is 1. The van der Waals surface area contributed by atoms with Crippen molar-refractivity contribution in [1.82, 2.24) is 19.4 Å². The van der Waals surface area contributed by atoms with Crippen molar-refractivity contribution in [3.63, 3.8) is 0 Å². The monoisotopic (exact) mass is 470 g/mol. The molecule has 0 spiro atoms. The molecule has 8 heteroatoms. The van der Waals surface area contributed by atoms with E-state index in [4.69, 9.17) is 0 Å². The fraction of sp³-hybridized carbons (Fsp3) is 0.480. The van der Waals surface area contributed by atoms with E-state index >= 15 is 0 Å². The molecule has 33 heavy (non-hydrogen) atoms. The van der Waals surface area contributed by atoms with Gasteiger partial charge in [-0.3, -0.25) is 9.69 Å². The van der Waals surface area contributed by atoms with Crippen LogP contribution in [0.2, 0.25) is 0 Å². The molecule has 1 amide bonds. The van der Waals surface area contributed by atoms with E-state index in [1.54, 1.807) is 30.3 Å². The predicted molar refractivity (Wildman–Crippen MR) is 129 cm³/mol. The normalized spacial score (nSPS) is 19.4. The average Bonchev–Trinajstić information content (AvgIpc) is 2.85. The number of hydrogen-bond donors (Lipinski definition) is 1. The second-order valence-electron chi connectivity index (χ2n) is 9.11. The van der Waals surface area contributed by atoms with Crippen LogP contribution >= 0.6 is 0 Å². The first kappa shape index (κ1) is 23.9. The maximum absolute atomic E-state index is 12.8. The molecule has 0 saturated carbocycles. The molecule has 178 valence electrons. The van der Waals surface area contributed by atoms with E-state index in [9.17, 15) is 13.2 Å². The van der Waals surface area contributed by atoms with Crippen molar-refractivity contribution in [3.8, 4) is 0 Å². The highest BCUT2D eigenvalue weighted by atomic mass is 32.2. The summed E-state index contributed by atoms with van der Waals surface area (Å²) in [5, 5.41) is 3.06. The number of benzene rings is 2. The average molecular weight is 471 g/mol. The Bertz CT molecular complexity index is 1030. The number of nitrogens with zero attached hydrogens (tertiary/aromatic N) is 3. The molecule has 2 aromatic rings. The van der Waals surface area contributed by atoms with Crippen LogP contribution in [0.5, 0.6) is 0 Å². The quantitative estimate of drug-likeness (QED) is 0.671. The zero-order chi connectivity index (χ0) is 23.3. The first-order valence-corrected chi connectivity index (χ1v) is 13.2. The Labute approximate surface area is 197 Å². The molecule has 7 nitrogen and oxygen atoms in total. The van der Waals surface area contributed by atoms with E-state index in [1.807, 2.05) is 6.07 Å². The van der Waals surface area contributed by atoms with Crippen molar-refractivity contribution < 1.29 is 13.2 Å². The van der Waals surface area contributed by atoms with Crippen LogP contribution in [-0.2, 0) is 27.9 Å². The van der Waals surface area contributed by atoms with Gasteiger partial charge in [-0.25, -0.2) is 8.42 Å². The fourth-order valence-corrected chi connectivity index (χ4v) is 6.03. The van der Waals surface area contributed by atoms with Gasteiger partial charge < -0.3 is 10.2 Å². The van der Waals surface area contributed by atoms with Crippen molar-refractivity contribution in [3.05, 3.63) is 65.7 Å². The number of carbonyl (C=O) groups is 1. The second-order valence-corrected chi connectivity index (χ2v) is 11.0. The summed E-state index contributed by atoms with van der Waals surface area (Å²) in [7, 11) is -1.33. The summed E-state index contributed by atoms with van der Waals surface area (Å²) in [6, 6.07) is 16.9. The van der Waals surface area contributed by atoms with Gasteiger partial charge in [0.25, 0.3) is 0 Å². The molecule has 0 aromatic heterocycles. The van der Waals surface area contributed by atoms with E-state index in [-0.39, 0.29) is 11.8 Å². The summed E-state index contributed by atoms with van der Waals surface area (Å²) in [6.45, 7) is 6.53. The highest BCUT2D eigenvalue weighted by Gasteiger charge is 2.31. The number of carbonyl (C=O) groups excluding carboxylic acids is 1. The van der Waals surface area contributed by atoms with E-state index < -0.39 is 10.0 Å². The molecule has 0 unspecified atom stereocenters. The van der Waals surface area contributed by atoms with Crippen molar-refractivity contribution in [2.24, 2.45) is 5.92 Å². The number of hydrogen-bond acceptors (Lipinski definition) is 5. The zero-order valence-electron chi connectivity index (χ0n) is 19.3. The van der Waals surface area contributed by atoms with Crippen LogP contribution < -0.4 is 5.32 Å². The number of sulfonamides is 1. The van der Waals surface area contributed by atoms with Gasteiger partial charge in [-0.15, -0.1) is 0 Å². The lowest BCUT2D eigenvalue weighted by Crippen LogP contribution is -2.43. The third-order valence-corrected chi connectivity index (χ3v) is 8.58. The van der Waals surface area contributed by atoms with Crippen LogP contribution in [-0.4, -0.2) is 74.7 Å². The summed E-state index contributed by atoms with van der Waals surface area (Å²) >= 11 is 0. The third-order valence-electron chi connectivity index (χ3n) is 6.67. The van der Waals surface area contributed by atoms with Gasteiger partial charge >= 0.3 is 0 Å². The Morgan fingerprint density at radius 1 is 0.909 bits per heavy atom. The van der Waals surface area contributed by atoms with E-state index in [0.717, 1.165) is 38.3 Å². The van der Waals surface area contributed by atoms with Crippen LogP contribution in [0.4, 0.5) is 0 Å². The van der Waals surface area contributed by atoms with Crippen LogP contribution in [0.15, 0.2) is 59.5 Å². The first-order valence-electron chi connectivity index (χ1n) is 11.7. The van der Waals surface area contributed by atoms with Gasteiger partial charge in [0.2, 0.25) is 15.9 Å². The molecule has 2 aromatic carbocycles.